The Morgan fingerprint density at radius 2 is 0.765 bits per heavy atom. The van der Waals surface area contributed by atoms with E-state index in [0.29, 0.717) is 35.8 Å². The van der Waals surface area contributed by atoms with Gasteiger partial charge in [-0.25, -0.2) is 0 Å². The fraction of sp³-hybridized carbons (Fsp3) is 0.628. The van der Waals surface area contributed by atoms with Crippen molar-refractivity contribution in [1.82, 2.24) is 84.2 Å². The van der Waals surface area contributed by atoms with Gasteiger partial charge in [0.05, 0.1) is 51.4 Å². The van der Waals surface area contributed by atoms with Crippen LogP contribution in [-0.4, -0.2) is 310 Å². The second-order valence-corrected chi connectivity index (χ2v) is 38.3. The van der Waals surface area contributed by atoms with E-state index >= 15 is 9.59 Å². The molecule has 2 aromatic rings. The molecular weight excluding hydrogens is 1850 g/mol. The summed E-state index contributed by atoms with van der Waals surface area (Å²) < 4.78 is 11.3. The molecule has 3 heterocycles. The Morgan fingerprint density at radius 3 is 1.07 bits per heavy atom. The number of carbonyl (C=O) groups is 20. The van der Waals surface area contributed by atoms with Crippen molar-refractivity contribution < 1.29 is 116 Å². The predicted octanol–water partition coefficient (Wildman–Crippen LogP) is -6.09. The molecular formula is C86H134N22O24S4. The highest BCUT2D eigenvalue weighted by Gasteiger charge is 2.45. The molecule has 3 saturated heterocycles. The van der Waals surface area contributed by atoms with Crippen LogP contribution in [0.15, 0.2) is 48.5 Å². The number of primary amides is 4. The lowest BCUT2D eigenvalue weighted by atomic mass is 9.96. The van der Waals surface area contributed by atoms with Gasteiger partial charge in [0.25, 0.3) is 0 Å². The molecule has 756 valence electrons. The Hall–Kier alpha value is -11.3. The van der Waals surface area contributed by atoms with Crippen LogP contribution in [0.5, 0.6) is 11.5 Å². The second kappa shape index (κ2) is 59.6. The molecule has 0 bridgehead atoms. The first-order valence-electron chi connectivity index (χ1n) is 45.2. The van der Waals surface area contributed by atoms with Gasteiger partial charge in [0.1, 0.15) is 96.1 Å². The summed E-state index contributed by atoms with van der Waals surface area (Å²) >= 11 is 0. The SMILES string of the molecule is CCOc1ccc(C[C@H]2NC(=O)CCSSC[C@@H](C(=O)N3CCC[C@H]3C(=O)N[C@@H](CCCN)C(=O)NCC(N)=O)NC(=O)[C@H](CC(N)=O)NC(=O)[C@H]([C@@H](C)O)NC(=O)[C@H]([C@@H](C)CC)NC(=O)[C@@H](Cc3ccc(OCC)cc3)NC(=O)CCSSC[C@@H](C(=O)N3CCC[C@H]3C(=O)N[C@@H](CCCN)C(=O)NCC(N)=O)NC(=O)[C@H](CC(N)=O)NC(=O)[C@H]([C@@H](C)O)NC(=O)[C@H]([C@@H](C)CC)NC2=O)cc1. The number of nitrogens with one attached hydrogen (secondary N) is 14. The average molecular weight is 1990 g/mol. The number of likely N-dealkylation sites (tertiary alicyclic amines) is 2. The lowest BCUT2D eigenvalue weighted by Gasteiger charge is -2.31. The van der Waals surface area contributed by atoms with Gasteiger partial charge < -0.3 is 138 Å². The first-order chi connectivity index (χ1) is 64.6. The molecule has 3 aliphatic rings. The number of hydrogen-bond donors (Lipinski definition) is 22. The van der Waals surface area contributed by atoms with E-state index in [4.69, 9.17) is 43.9 Å². The van der Waals surface area contributed by atoms with Crippen LogP contribution in [-0.2, 0) is 109 Å². The molecule has 0 unspecified atom stereocenters. The lowest BCUT2D eigenvalue weighted by Crippen LogP contribution is -2.63. The third-order valence-corrected chi connectivity index (χ3v) is 27.2. The van der Waals surface area contributed by atoms with Crippen molar-refractivity contribution in [2.75, 3.05) is 75.5 Å². The third-order valence-electron chi connectivity index (χ3n) is 22.3. The van der Waals surface area contributed by atoms with Gasteiger partial charge in [-0.2, -0.15) is 0 Å². The number of rotatable bonds is 36. The molecule has 50 heteroatoms. The van der Waals surface area contributed by atoms with Crippen LogP contribution in [0.4, 0.5) is 0 Å². The maximum Gasteiger partial charge on any atom is 0.246 e. The molecule has 136 heavy (non-hydrogen) atoms. The fourth-order valence-electron chi connectivity index (χ4n) is 14.6. The summed E-state index contributed by atoms with van der Waals surface area (Å²) in [6, 6.07) is -9.56. The molecule has 0 aliphatic carbocycles. The molecule has 3 fully saturated rings. The van der Waals surface area contributed by atoms with Crippen LogP contribution >= 0.6 is 43.2 Å². The Kier molecular flexibility index (Phi) is 50.5. The minimum Gasteiger partial charge on any atom is -0.494 e. The highest BCUT2D eigenvalue weighted by atomic mass is 33.1. The van der Waals surface area contributed by atoms with Gasteiger partial charge in [-0.15, -0.1) is 0 Å². The smallest absolute Gasteiger partial charge is 0.246 e. The third kappa shape index (κ3) is 38.7. The van der Waals surface area contributed by atoms with Crippen LogP contribution in [0.1, 0.15) is 156 Å². The monoisotopic (exact) mass is 1990 g/mol. The van der Waals surface area contributed by atoms with Crippen LogP contribution in [0.25, 0.3) is 0 Å². The second-order valence-electron chi connectivity index (χ2n) is 33.0. The van der Waals surface area contributed by atoms with E-state index < -0.39 is 264 Å². The molecule has 20 amide bonds. The number of hydrogen-bond acceptors (Lipinski definition) is 30. The van der Waals surface area contributed by atoms with Crippen LogP contribution in [0.3, 0.4) is 0 Å². The number of amides is 20. The summed E-state index contributed by atoms with van der Waals surface area (Å²) in [6.45, 7) is 11.7. The molecule has 2 aromatic carbocycles. The van der Waals surface area contributed by atoms with E-state index in [1.807, 2.05) is 0 Å². The normalized spacial score (nSPS) is 23.8. The molecule has 0 radical (unpaired) electrons. The molecule has 5 rings (SSSR count). The average Bonchev–Trinajstić information content (AvgIpc) is 1.67. The minimum atomic E-state index is -1.99. The Labute approximate surface area is 804 Å². The quantitative estimate of drug-likeness (QED) is 0.0282. The first kappa shape index (κ1) is 115. The van der Waals surface area contributed by atoms with E-state index in [-0.39, 0.29) is 128 Å². The zero-order valence-electron chi connectivity index (χ0n) is 77.7. The van der Waals surface area contributed by atoms with E-state index in [2.05, 4.69) is 74.4 Å². The molecule has 3 aliphatic heterocycles. The molecule has 28 N–H and O–H groups in total. The van der Waals surface area contributed by atoms with Crippen LogP contribution < -0.4 is 118 Å². The number of aliphatic hydroxyl groups excluding tert-OH is 2. The summed E-state index contributed by atoms with van der Waals surface area (Å²) in [7, 11) is 3.80. The van der Waals surface area contributed by atoms with Crippen molar-refractivity contribution in [3.63, 3.8) is 0 Å². The van der Waals surface area contributed by atoms with E-state index in [0.717, 1.165) is 66.8 Å². The van der Waals surface area contributed by atoms with Gasteiger partial charge >= 0.3 is 0 Å². The number of carbonyl (C=O) groups excluding carboxylic acids is 20. The topological polar surface area (TPSA) is 731 Å². The molecule has 0 aromatic heterocycles. The Bertz CT molecular complexity index is 4160. The van der Waals surface area contributed by atoms with Gasteiger partial charge in [-0.05, 0) is 139 Å². The lowest BCUT2D eigenvalue weighted by molar-refractivity contribution is -0.142. The number of ether oxygens (including phenoxy) is 2. The van der Waals surface area contributed by atoms with Gasteiger partial charge in [-0.3, -0.25) is 95.9 Å². The fourth-order valence-corrected chi connectivity index (χ4v) is 18.9. The van der Waals surface area contributed by atoms with Gasteiger partial charge in [0.2, 0.25) is 118 Å². The van der Waals surface area contributed by atoms with Crippen LogP contribution in [0, 0.1) is 11.8 Å². The van der Waals surface area contributed by atoms with Crippen molar-refractivity contribution in [2.45, 2.75) is 255 Å². The highest BCUT2D eigenvalue weighted by molar-refractivity contribution is 8.77. The summed E-state index contributed by atoms with van der Waals surface area (Å²) in [6.07, 6.45) is -5.48. The zero-order valence-corrected chi connectivity index (χ0v) is 80.9. The van der Waals surface area contributed by atoms with Gasteiger partial charge in [0.15, 0.2) is 0 Å². The minimum absolute atomic E-state index is 0.00807. The van der Waals surface area contributed by atoms with E-state index in [1.165, 1.54) is 0 Å². The number of nitrogens with two attached hydrogens (primary N) is 6. The molecule has 18 atom stereocenters. The highest BCUT2D eigenvalue weighted by Crippen LogP contribution is 2.29. The van der Waals surface area contributed by atoms with Crippen molar-refractivity contribution in [2.24, 2.45) is 46.2 Å². The maximum atomic E-state index is 15.2. The number of benzene rings is 2. The summed E-state index contributed by atoms with van der Waals surface area (Å²) in [4.78, 5) is 284. The van der Waals surface area contributed by atoms with Crippen molar-refractivity contribution in [3.05, 3.63) is 59.7 Å². The van der Waals surface area contributed by atoms with E-state index in [1.54, 1.807) is 90.1 Å². The maximum absolute atomic E-state index is 15.2. The zero-order chi connectivity index (χ0) is 101. The van der Waals surface area contributed by atoms with Crippen LogP contribution in [0.2, 0.25) is 0 Å². The summed E-state index contributed by atoms with van der Waals surface area (Å²) in [5, 5.41) is 58.1. The van der Waals surface area contributed by atoms with Gasteiger partial charge in [0, 0.05) is 61.8 Å². The largest absolute Gasteiger partial charge is 0.494 e. The van der Waals surface area contributed by atoms with E-state index in [9.17, 15) is 96.5 Å². The summed E-state index contributed by atoms with van der Waals surface area (Å²) in [5.74, 6) is -21.3. The molecule has 46 nitrogen and oxygen atoms in total. The number of aliphatic hydroxyl groups is 2. The number of nitrogens with zero attached hydrogens (tertiary/aromatic N) is 2. The molecule has 0 saturated carbocycles. The van der Waals surface area contributed by atoms with Crippen molar-refractivity contribution >= 4 is 161 Å². The van der Waals surface area contributed by atoms with Crippen molar-refractivity contribution in [1.29, 1.82) is 0 Å². The molecule has 0 spiro atoms. The standard InChI is InChI=1S/C86H134N22O24S4/c1-9-45(5)69-81(125)105-71(47(7)109)83(127)99-57(39-63(89)111)75(119)101-59(85(129)107-33-15-19-61(107)79(123)97-53(17-13-31-87)73(117)93-41-65(91)113)43-136-134-36-30-68(116)96-56(38-50-23-27-52(28-24-50)132-12-4)78(122)104-70(46(6)10-2)82(126)106-72(48(8)110)84(128)100-58(40-64(90)112)76(120)102-60(86(130)108-34-16-20-62(108)80(124)98-54(18-14-32-88)74(118)94-42-66(92)114)44-135-133-35-29-67(115)95-55(77(121)103-69)37-49-21-25-51(26-22-49)131-11-3/h21-28,45-48,53-62,69-72,109-110H,9-20,29-44,87-88H2,1-8H3,(H2,89,111)(H2,90,112)(H2,91,113)(H2,92,114)(H,93,117)(H,94,118)(H,95,115)(H,96,116)(H,97,123)(H,98,124)(H,99,127)(H,100,128)(H,101,119)(H,102,120)(H,103,121)(H,104,122)(H,105,125)(H,106,126)/t45-,46-,47+,48+,53-,54-,55+,56+,57-,58-,59-,60-,61-,62-,69-,70-,71-,72-/m0/s1. The first-order valence-corrected chi connectivity index (χ1v) is 50.2. The predicted molar refractivity (Wildman–Crippen MR) is 505 cm³/mol. The van der Waals surface area contributed by atoms with Gasteiger partial charge in [-0.1, -0.05) is 108 Å². The van der Waals surface area contributed by atoms with Crippen molar-refractivity contribution in [3.8, 4) is 11.5 Å². The summed E-state index contributed by atoms with van der Waals surface area (Å²) in [5.41, 5.74) is 34.5. The Balaban J connectivity index is 1.63. The Morgan fingerprint density at radius 1 is 0.434 bits per heavy atom.